The van der Waals surface area contributed by atoms with Crippen molar-refractivity contribution in [2.75, 3.05) is 0 Å². The second-order valence-electron chi connectivity index (χ2n) is 13.3. The van der Waals surface area contributed by atoms with E-state index < -0.39 is 72.2 Å². The van der Waals surface area contributed by atoms with Crippen LogP contribution in [0.5, 0.6) is 0 Å². The Hall–Kier alpha value is -7.41. The van der Waals surface area contributed by atoms with Gasteiger partial charge in [0.2, 0.25) is 0 Å². The number of benzene rings is 8. The summed E-state index contributed by atoms with van der Waals surface area (Å²) >= 11 is 0.892. The highest BCUT2D eigenvalue weighted by Crippen LogP contribution is 2.41. The fraction of sp³-hybridized carbons (Fsp3) is 0. The molecule has 0 saturated carbocycles. The van der Waals surface area contributed by atoms with E-state index >= 15 is 0 Å². The highest BCUT2D eigenvalue weighted by molar-refractivity contribution is 7.25. The Morgan fingerprint density at radius 1 is 0.439 bits per heavy atom. The number of para-hydroxylation sites is 2. The molecule has 4 aromatic heterocycles. The van der Waals surface area contributed by atoms with Gasteiger partial charge in [-0.25, -0.2) is 15.0 Å². The summed E-state index contributed by atoms with van der Waals surface area (Å²) in [4.78, 5) is 14.5. The van der Waals surface area contributed by atoms with Gasteiger partial charge < -0.3 is 8.98 Å². The third-order valence-electron chi connectivity index (χ3n) is 9.97. The van der Waals surface area contributed by atoms with E-state index in [4.69, 9.17) is 30.3 Å². The number of nitrogens with zero attached hydrogens (tertiary/aromatic N) is 4. The maximum atomic E-state index is 9.62. The second kappa shape index (κ2) is 12.6. The first-order valence-electron chi connectivity index (χ1n) is 24.9. The Morgan fingerprint density at radius 3 is 1.72 bits per heavy atom. The predicted molar refractivity (Wildman–Crippen MR) is 236 cm³/mol. The van der Waals surface area contributed by atoms with Crippen molar-refractivity contribution in [3.8, 4) is 51.0 Å². The maximum Gasteiger partial charge on any atom is 0.164 e. The van der Waals surface area contributed by atoms with Crippen LogP contribution in [0, 0.1) is 0 Å². The first-order valence-corrected chi connectivity index (χ1v) is 18.7. The minimum Gasteiger partial charge on any atom is -0.456 e. The minimum absolute atomic E-state index is 0.0138. The molecule has 0 radical (unpaired) electrons. The van der Waals surface area contributed by atoms with Gasteiger partial charge in [-0.1, -0.05) is 127 Å². The first kappa shape index (κ1) is 21.0. The maximum absolute atomic E-state index is 9.62. The van der Waals surface area contributed by atoms with Gasteiger partial charge in [0.15, 0.2) is 17.5 Å². The Bertz CT molecular complexity index is 4210. The van der Waals surface area contributed by atoms with Crippen LogP contribution in [0.2, 0.25) is 0 Å². The molecule has 0 saturated heterocycles. The fourth-order valence-corrected chi connectivity index (χ4v) is 8.30. The molecule has 57 heavy (non-hydrogen) atoms. The Kier molecular flexibility index (Phi) is 4.64. The summed E-state index contributed by atoms with van der Waals surface area (Å²) in [5, 5.41) is 0.884. The summed E-state index contributed by atoms with van der Waals surface area (Å²) in [6.45, 7) is 0. The number of aromatic nitrogens is 4. The Morgan fingerprint density at radius 2 is 1.04 bits per heavy atom. The molecule has 0 aliphatic rings. The molecule has 0 aliphatic carbocycles. The number of fused-ring (bicyclic) bond motifs is 9. The van der Waals surface area contributed by atoms with Gasteiger partial charge in [-0.05, 0) is 65.6 Å². The number of hydrogen-bond acceptors (Lipinski definition) is 5. The van der Waals surface area contributed by atoms with Crippen LogP contribution >= 0.6 is 11.3 Å². The molecule has 12 rings (SSSR count). The van der Waals surface area contributed by atoms with Crippen molar-refractivity contribution in [2.45, 2.75) is 0 Å². The van der Waals surface area contributed by atoms with Crippen LogP contribution in [0.25, 0.3) is 115 Å². The van der Waals surface area contributed by atoms with Crippen molar-refractivity contribution in [3.63, 3.8) is 0 Å². The molecule has 0 atom stereocenters. The summed E-state index contributed by atoms with van der Waals surface area (Å²) in [7, 11) is 0. The SMILES string of the molecule is [2H]c1c(-c2ccc3oc4cc(-c5nc(-c6ccccc6)nc(-c6ccccc6)n5)ccc4c3c2)c([2H])c2sc3c([2H])c(-n4c5c([2H])c([2H])c([2H])c([2H])c5c5c([2H])c([2H])c([2H])c([2H])c54)c([2H])c([2H])c3c2c1[2H]. The lowest BCUT2D eigenvalue weighted by Crippen LogP contribution is -2.00. The molecule has 5 nitrogen and oxygen atoms in total. The van der Waals surface area contributed by atoms with Gasteiger partial charge in [0.05, 0.1) is 30.2 Å². The molecule has 0 N–H and O–H groups in total. The van der Waals surface area contributed by atoms with Gasteiger partial charge in [-0.2, -0.15) is 0 Å². The molecule has 0 unspecified atom stereocenters. The van der Waals surface area contributed by atoms with Crippen LogP contribution in [0.4, 0.5) is 0 Å². The third kappa shape index (κ3) is 5.19. The van der Waals surface area contributed by atoms with Gasteiger partial charge >= 0.3 is 0 Å². The number of hydrogen-bond donors (Lipinski definition) is 0. The number of rotatable bonds is 5. The normalized spacial score (nSPS) is 15.3. The summed E-state index contributed by atoms with van der Waals surface area (Å²) in [6.07, 6.45) is 0. The summed E-state index contributed by atoms with van der Waals surface area (Å²) < 4.78 is 133. The van der Waals surface area contributed by atoms with E-state index in [1.165, 1.54) is 0 Å². The highest BCUT2D eigenvalue weighted by Gasteiger charge is 2.17. The molecule has 8 aromatic carbocycles. The van der Waals surface area contributed by atoms with Crippen LogP contribution in [0.3, 0.4) is 0 Å². The van der Waals surface area contributed by atoms with Gasteiger partial charge in [0.1, 0.15) is 11.2 Å². The van der Waals surface area contributed by atoms with Crippen LogP contribution in [-0.4, -0.2) is 19.5 Å². The lowest BCUT2D eigenvalue weighted by atomic mass is 10.0. The zero-order chi connectivity index (χ0) is 49.6. The van der Waals surface area contributed by atoms with Crippen LogP contribution in [0.1, 0.15) is 19.2 Å². The monoisotopic (exact) mass is 760 g/mol. The highest BCUT2D eigenvalue weighted by atomic mass is 32.1. The molecular weight excluding hydrogens is 717 g/mol. The molecule has 12 aromatic rings. The third-order valence-corrected chi connectivity index (χ3v) is 11.0. The van der Waals surface area contributed by atoms with E-state index in [1.54, 1.807) is 18.2 Å². The minimum atomic E-state index is -0.678. The van der Waals surface area contributed by atoms with Gasteiger partial charge in [0.25, 0.3) is 0 Å². The molecule has 0 spiro atoms. The quantitative estimate of drug-likeness (QED) is 0.175. The molecule has 4 heterocycles. The number of thiophene rings is 1. The predicted octanol–water partition coefficient (Wildman–Crippen LogP) is 13.9. The topological polar surface area (TPSA) is 56.7 Å². The Balaban J connectivity index is 1.03. The van der Waals surface area contributed by atoms with Crippen LogP contribution in [0.15, 0.2) is 186 Å². The average molecular weight is 761 g/mol. The van der Waals surface area contributed by atoms with Gasteiger partial charge in [-0.15, -0.1) is 11.3 Å². The molecule has 0 aliphatic heterocycles. The average Bonchev–Trinajstić information content (AvgIpc) is 4.09. The van der Waals surface area contributed by atoms with Crippen LogP contribution < -0.4 is 0 Å². The van der Waals surface area contributed by atoms with Gasteiger partial charge in [-0.3, -0.25) is 0 Å². The van der Waals surface area contributed by atoms with Crippen molar-refractivity contribution in [2.24, 2.45) is 0 Å². The van der Waals surface area contributed by atoms with Crippen molar-refractivity contribution in [3.05, 3.63) is 182 Å². The first-order chi connectivity index (χ1) is 34.1. The fourth-order valence-electron chi connectivity index (χ4n) is 7.29. The lowest BCUT2D eigenvalue weighted by Gasteiger charge is -2.08. The van der Waals surface area contributed by atoms with E-state index in [1.807, 2.05) is 78.9 Å². The summed E-state index contributed by atoms with van der Waals surface area (Å²) in [6, 6.07) is 22.6. The molecule has 266 valence electrons. The number of furan rings is 1. The summed E-state index contributed by atoms with van der Waals surface area (Å²) in [5.74, 6) is 1.44. The van der Waals surface area contributed by atoms with Crippen molar-refractivity contribution >= 4 is 75.3 Å². The molecule has 0 fully saturated rings. The lowest BCUT2D eigenvalue weighted by molar-refractivity contribution is 0.669. The van der Waals surface area contributed by atoms with E-state index in [2.05, 4.69) is 0 Å². The van der Waals surface area contributed by atoms with E-state index in [9.17, 15) is 8.22 Å². The standard InChI is InChI=1S/C51H30N4OS/c1-3-11-31(12-4-1)49-52-50(32-13-5-2-6-14-32)54-51(53-49)35-20-23-39-42-27-33(21-26-45(42)56-46(39)28-35)34-19-24-40-41-25-22-36(30-48(41)57-47(40)29-34)55-43-17-9-7-15-37(43)38-16-8-10-18-44(38)55/h1-30H/i7D,8D,9D,10D,15D,16D,17D,18D,19D,22D,24D,25D,29D,30D. The molecule has 0 amide bonds. The van der Waals surface area contributed by atoms with E-state index in [0.717, 1.165) is 32.4 Å². The van der Waals surface area contributed by atoms with Crippen LogP contribution in [-0.2, 0) is 0 Å². The summed E-state index contributed by atoms with van der Waals surface area (Å²) in [5.41, 5.74) is 2.90. The smallest absolute Gasteiger partial charge is 0.164 e. The Labute approximate surface area is 350 Å². The van der Waals surface area contributed by atoms with Gasteiger partial charge in [0, 0.05) is 64.1 Å². The molecular formula is C51H30N4OS. The largest absolute Gasteiger partial charge is 0.456 e. The van der Waals surface area contributed by atoms with Crippen molar-refractivity contribution < 1.29 is 23.6 Å². The molecule has 6 heteroatoms. The van der Waals surface area contributed by atoms with E-state index in [0.29, 0.717) is 45.2 Å². The van der Waals surface area contributed by atoms with Crippen molar-refractivity contribution in [1.29, 1.82) is 0 Å². The zero-order valence-electron chi connectivity index (χ0n) is 43.3. The second-order valence-corrected chi connectivity index (χ2v) is 14.3. The van der Waals surface area contributed by atoms with E-state index in [-0.39, 0.29) is 65.7 Å². The zero-order valence-corrected chi connectivity index (χ0v) is 30.2. The molecule has 0 bridgehead atoms. The van der Waals surface area contributed by atoms with Crippen molar-refractivity contribution in [1.82, 2.24) is 19.5 Å².